The molecule has 0 amide bonds. The summed E-state index contributed by atoms with van der Waals surface area (Å²) in [4.78, 5) is 13.7. The molecule has 3 nitrogen and oxygen atoms in total. The number of benzene rings is 1. The highest BCUT2D eigenvalue weighted by Gasteiger charge is 2.18. The molecule has 1 aromatic rings. The summed E-state index contributed by atoms with van der Waals surface area (Å²) < 4.78 is 4.75. The summed E-state index contributed by atoms with van der Waals surface area (Å²) >= 11 is 11.9. The number of carbonyl (C=O) groups is 1. The Morgan fingerprint density at radius 3 is 2.84 bits per heavy atom. The first-order valence-corrected chi connectivity index (χ1v) is 6.79. The second-order valence-corrected chi connectivity index (χ2v) is 5.28. The molecular weight excluding hydrogens is 285 g/mol. The molecule has 0 radical (unpaired) electrons. The van der Waals surface area contributed by atoms with E-state index >= 15 is 0 Å². The maximum absolute atomic E-state index is 11.5. The topological polar surface area (TPSA) is 29.5 Å². The molecule has 0 saturated carbocycles. The highest BCUT2D eigenvalue weighted by molar-refractivity contribution is 6.42. The van der Waals surface area contributed by atoms with Crippen LogP contribution in [0.4, 0.5) is 0 Å². The Morgan fingerprint density at radius 2 is 2.16 bits per heavy atom. The summed E-state index contributed by atoms with van der Waals surface area (Å²) in [6.07, 6.45) is 2.79. The fraction of sp³-hybridized carbons (Fsp3) is 0.357. The lowest BCUT2D eigenvalue weighted by Crippen LogP contribution is -2.32. The minimum Gasteiger partial charge on any atom is -0.466 e. The number of rotatable bonds is 3. The van der Waals surface area contributed by atoms with Gasteiger partial charge in [0.2, 0.25) is 0 Å². The van der Waals surface area contributed by atoms with Gasteiger partial charge in [0, 0.05) is 25.2 Å². The van der Waals surface area contributed by atoms with Crippen LogP contribution in [-0.2, 0) is 16.1 Å². The SMILES string of the molecule is COC(=O)C1=CCCN(Cc2ccc(Cl)c(Cl)c2)C1. The number of esters is 1. The van der Waals surface area contributed by atoms with Gasteiger partial charge in [-0.05, 0) is 24.1 Å². The van der Waals surface area contributed by atoms with Crippen LogP contribution in [0.15, 0.2) is 29.8 Å². The van der Waals surface area contributed by atoms with E-state index in [4.69, 9.17) is 27.9 Å². The van der Waals surface area contributed by atoms with Crippen LogP contribution in [0.1, 0.15) is 12.0 Å². The molecule has 0 spiro atoms. The van der Waals surface area contributed by atoms with E-state index in [0.717, 1.165) is 25.1 Å². The van der Waals surface area contributed by atoms with E-state index in [9.17, 15) is 4.79 Å². The molecule has 1 aromatic carbocycles. The van der Waals surface area contributed by atoms with Gasteiger partial charge in [0.05, 0.1) is 17.2 Å². The van der Waals surface area contributed by atoms with Crippen molar-refractivity contribution in [2.75, 3.05) is 20.2 Å². The third-order valence-electron chi connectivity index (χ3n) is 3.07. The number of ether oxygens (including phenoxy) is 1. The number of hydrogen-bond acceptors (Lipinski definition) is 3. The lowest BCUT2D eigenvalue weighted by molar-refractivity contribution is -0.136. The zero-order chi connectivity index (χ0) is 13.8. The van der Waals surface area contributed by atoms with Gasteiger partial charge in [-0.1, -0.05) is 35.3 Å². The summed E-state index contributed by atoms with van der Waals surface area (Å²) in [6.45, 7) is 2.26. The third-order valence-corrected chi connectivity index (χ3v) is 3.81. The van der Waals surface area contributed by atoms with E-state index in [-0.39, 0.29) is 5.97 Å². The number of methoxy groups -OCH3 is 1. The summed E-state index contributed by atoms with van der Waals surface area (Å²) in [6, 6.07) is 5.60. The molecule has 0 bridgehead atoms. The van der Waals surface area contributed by atoms with Gasteiger partial charge in [0.25, 0.3) is 0 Å². The van der Waals surface area contributed by atoms with Crippen LogP contribution in [0.25, 0.3) is 0 Å². The summed E-state index contributed by atoms with van der Waals surface area (Å²) in [5, 5.41) is 1.11. The second-order valence-electron chi connectivity index (χ2n) is 4.47. The van der Waals surface area contributed by atoms with Crippen molar-refractivity contribution in [3.8, 4) is 0 Å². The third kappa shape index (κ3) is 3.72. The molecule has 0 atom stereocenters. The van der Waals surface area contributed by atoms with Gasteiger partial charge in [-0.15, -0.1) is 0 Å². The normalized spacial score (nSPS) is 16.1. The van der Waals surface area contributed by atoms with E-state index in [2.05, 4.69) is 4.90 Å². The van der Waals surface area contributed by atoms with Crippen LogP contribution in [0.2, 0.25) is 10.0 Å². The standard InChI is InChI=1S/C14H15Cl2NO2/c1-19-14(18)11-3-2-6-17(9-11)8-10-4-5-12(15)13(16)7-10/h3-5,7H,2,6,8-9H2,1H3. The van der Waals surface area contributed by atoms with Gasteiger partial charge >= 0.3 is 5.97 Å². The van der Waals surface area contributed by atoms with Crippen LogP contribution >= 0.6 is 23.2 Å². The molecule has 5 heteroatoms. The molecule has 2 rings (SSSR count). The maximum Gasteiger partial charge on any atom is 0.334 e. The minimum atomic E-state index is -0.251. The fourth-order valence-electron chi connectivity index (χ4n) is 2.12. The maximum atomic E-state index is 11.5. The van der Waals surface area contributed by atoms with Crippen molar-refractivity contribution < 1.29 is 9.53 Å². The predicted molar refractivity (Wildman–Crippen MR) is 76.5 cm³/mol. The molecule has 0 N–H and O–H groups in total. The molecule has 1 aliphatic rings. The van der Waals surface area contributed by atoms with Crippen molar-refractivity contribution in [2.24, 2.45) is 0 Å². The van der Waals surface area contributed by atoms with Gasteiger partial charge < -0.3 is 4.74 Å². The fourth-order valence-corrected chi connectivity index (χ4v) is 2.44. The van der Waals surface area contributed by atoms with Crippen molar-refractivity contribution in [1.82, 2.24) is 4.90 Å². The van der Waals surface area contributed by atoms with Gasteiger partial charge in [-0.2, -0.15) is 0 Å². The lowest BCUT2D eigenvalue weighted by Gasteiger charge is -2.26. The van der Waals surface area contributed by atoms with E-state index in [1.807, 2.05) is 18.2 Å². The number of nitrogens with zero attached hydrogens (tertiary/aromatic N) is 1. The molecule has 1 heterocycles. The molecule has 0 aliphatic carbocycles. The molecular formula is C14H15Cl2NO2. The molecule has 0 saturated heterocycles. The van der Waals surface area contributed by atoms with Crippen molar-refractivity contribution in [3.63, 3.8) is 0 Å². The van der Waals surface area contributed by atoms with E-state index in [1.54, 1.807) is 6.07 Å². The van der Waals surface area contributed by atoms with Gasteiger partial charge in [0.1, 0.15) is 0 Å². The van der Waals surface area contributed by atoms with Crippen LogP contribution in [-0.4, -0.2) is 31.1 Å². The van der Waals surface area contributed by atoms with Crippen LogP contribution < -0.4 is 0 Å². The summed E-state index contributed by atoms with van der Waals surface area (Å²) in [5.41, 5.74) is 1.80. The molecule has 1 aliphatic heterocycles. The largest absolute Gasteiger partial charge is 0.466 e. The first-order chi connectivity index (χ1) is 9.10. The second kappa shape index (κ2) is 6.42. The van der Waals surface area contributed by atoms with Crippen molar-refractivity contribution >= 4 is 29.2 Å². The Balaban J connectivity index is 2.02. The van der Waals surface area contributed by atoms with Crippen molar-refractivity contribution in [3.05, 3.63) is 45.5 Å². The van der Waals surface area contributed by atoms with Crippen molar-refractivity contribution in [1.29, 1.82) is 0 Å². The quantitative estimate of drug-likeness (QED) is 0.802. The first-order valence-electron chi connectivity index (χ1n) is 6.04. The Kier molecular flexibility index (Phi) is 4.86. The zero-order valence-corrected chi connectivity index (χ0v) is 12.2. The van der Waals surface area contributed by atoms with Crippen LogP contribution in [0.5, 0.6) is 0 Å². The monoisotopic (exact) mass is 299 g/mol. The molecule has 0 fully saturated rings. The van der Waals surface area contributed by atoms with Crippen LogP contribution in [0, 0.1) is 0 Å². The van der Waals surface area contributed by atoms with Crippen LogP contribution in [0.3, 0.4) is 0 Å². The molecule has 19 heavy (non-hydrogen) atoms. The Morgan fingerprint density at radius 1 is 1.37 bits per heavy atom. The smallest absolute Gasteiger partial charge is 0.334 e. The Bertz CT molecular complexity index is 514. The van der Waals surface area contributed by atoms with E-state index < -0.39 is 0 Å². The first kappa shape index (κ1) is 14.4. The lowest BCUT2D eigenvalue weighted by atomic mass is 10.1. The molecule has 0 unspecified atom stereocenters. The highest BCUT2D eigenvalue weighted by atomic mass is 35.5. The average Bonchev–Trinajstić information content (AvgIpc) is 2.42. The number of halogens is 2. The molecule has 102 valence electrons. The van der Waals surface area contributed by atoms with Gasteiger partial charge in [-0.3, -0.25) is 4.90 Å². The summed E-state index contributed by atoms with van der Waals surface area (Å²) in [7, 11) is 1.40. The number of hydrogen-bond donors (Lipinski definition) is 0. The average molecular weight is 300 g/mol. The van der Waals surface area contributed by atoms with E-state index in [0.29, 0.717) is 22.2 Å². The summed E-state index contributed by atoms with van der Waals surface area (Å²) in [5.74, 6) is -0.251. The minimum absolute atomic E-state index is 0.251. The van der Waals surface area contributed by atoms with Crippen molar-refractivity contribution in [2.45, 2.75) is 13.0 Å². The van der Waals surface area contributed by atoms with Gasteiger partial charge in [0.15, 0.2) is 0 Å². The predicted octanol–water partition coefficient (Wildman–Crippen LogP) is 3.30. The zero-order valence-electron chi connectivity index (χ0n) is 10.7. The number of carbonyl (C=O) groups excluding carboxylic acids is 1. The Hall–Kier alpha value is -1.03. The van der Waals surface area contributed by atoms with Gasteiger partial charge in [-0.25, -0.2) is 4.79 Å². The Labute approximate surface area is 122 Å². The highest BCUT2D eigenvalue weighted by Crippen LogP contribution is 2.24. The molecule has 0 aromatic heterocycles. The van der Waals surface area contributed by atoms with E-state index in [1.165, 1.54) is 7.11 Å².